The van der Waals surface area contributed by atoms with Gasteiger partial charge in [-0.15, -0.1) is 0 Å². The summed E-state index contributed by atoms with van der Waals surface area (Å²) in [5.41, 5.74) is 4.53. The van der Waals surface area contributed by atoms with Crippen LogP contribution in [0.15, 0.2) is 101 Å². The maximum atomic E-state index is 13.7. The van der Waals surface area contributed by atoms with Crippen LogP contribution >= 0.6 is 0 Å². The van der Waals surface area contributed by atoms with Crippen molar-refractivity contribution in [2.75, 3.05) is 5.32 Å². The number of halogens is 2. The molecule has 0 bridgehead atoms. The van der Waals surface area contributed by atoms with Gasteiger partial charge in [0.2, 0.25) is 0 Å². The fourth-order valence-electron chi connectivity index (χ4n) is 5.02. The zero-order chi connectivity index (χ0) is 24.5. The van der Waals surface area contributed by atoms with E-state index < -0.39 is 23.5 Å². The molecule has 35 heavy (non-hydrogen) atoms. The Morgan fingerprint density at radius 2 is 1.49 bits per heavy atom. The Labute approximate surface area is 202 Å². The predicted molar refractivity (Wildman–Crippen MR) is 130 cm³/mol. The standard InChI is InChI=1S/C29H24F2N2O2/c1-17-26(29(35)33-23-13-11-22(31)12-14-23)27(19-7-9-21(30)10-8-19)28-24(32-17)15-20(16-25(28)34)18-5-3-2-4-6-18/h2-14,20,27,32H,15-16H2,1H3,(H,33,35)/t20-,27-/m1/s1. The first-order chi connectivity index (χ1) is 16.9. The SMILES string of the molecule is CC1=C(C(=O)Nc2ccc(F)cc2)[C@@H](c2ccc(F)cc2)C2=C(C[C@@H](c3ccccc3)CC2=O)N1. The Bertz CT molecular complexity index is 1340. The second-order valence-corrected chi connectivity index (χ2v) is 8.94. The number of nitrogens with one attached hydrogen (secondary N) is 2. The van der Waals surface area contributed by atoms with Crippen LogP contribution in [0.25, 0.3) is 0 Å². The number of anilines is 1. The normalized spacial score (nSPS) is 19.8. The zero-order valence-corrected chi connectivity index (χ0v) is 19.1. The van der Waals surface area contributed by atoms with Crippen LogP contribution in [0.5, 0.6) is 0 Å². The van der Waals surface area contributed by atoms with Gasteiger partial charge < -0.3 is 10.6 Å². The van der Waals surface area contributed by atoms with Crippen molar-refractivity contribution in [1.82, 2.24) is 5.32 Å². The van der Waals surface area contributed by atoms with Gasteiger partial charge in [-0.25, -0.2) is 8.78 Å². The third kappa shape index (κ3) is 4.52. The molecule has 0 unspecified atom stereocenters. The van der Waals surface area contributed by atoms with E-state index in [0.717, 1.165) is 11.3 Å². The van der Waals surface area contributed by atoms with Crippen LogP contribution < -0.4 is 10.6 Å². The number of hydrogen-bond acceptors (Lipinski definition) is 3. The van der Waals surface area contributed by atoms with Gasteiger partial charge in [-0.2, -0.15) is 0 Å². The molecule has 6 heteroatoms. The molecule has 1 amide bonds. The highest BCUT2D eigenvalue weighted by molar-refractivity contribution is 6.10. The number of rotatable bonds is 4. The molecule has 4 nitrogen and oxygen atoms in total. The van der Waals surface area contributed by atoms with E-state index in [0.29, 0.717) is 40.9 Å². The summed E-state index contributed by atoms with van der Waals surface area (Å²) in [5, 5.41) is 6.14. The summed E-state index contributed by atoms with van der Waals surface area (Å²) in [5.74, 6) is -1.85. The maximum Gasteiger partial charge on any atom is 0.254 e. The molecule has 5 rings (SSSR count). The molecule has 1 aliphatic heterocycles. The Hall–Kier alpha value is -4.06. The van der Waals surface area contributed by atoms with E-state index in [1.165, 1.54) is 36.4 Å². The van der Waals surface area contributed by atoms with E-state index >= 15 is 0 Å². The summed E-state index contributed by atoms with van der Waals surface area (Å²) in [4.78, 5) is 27.0. The monoisotopic (exact) mass is 470 g/mol. The molecule has 176 valence electrons. The minimum absolute atomic E-state index is 0.0335. The van der Waals surface area contributed by atoms with Crippen LogP contribution in [-0.2, 0) is 9.59 Å². The summed E-state index contributed by atoms with van der Waals surface area (Å²) in [6, 6.07) is 21.3. The van der Waals surface area contributed by atoms with Crippen LogP contribution in [0.1, 0.15) is 42.7 Å². The molecule has 0 radical (unpaired) electrons. The fraction of sp³-hybridized carbons (Fsp3) is 0.172. The Kier molecular flexibility index (Phi) is 6.03. The Morgan fingerprint density at radius 3 is 2.14 bits per heavy atom. The van der Waals surface area contributed by atoms with Crippen molar-refractivity contribution in [1.29, 1.82) is 0 Å². The third-order valence-electron chi connectivity index (χ3n) is 6.65. The lowest BCUT2D eigenvalue weighted by molar-refractivity contribution is -0.116. The minimum Gasteiger partial charge on any atom is -0.362 e. The van der Waals surface area contributed by atoms with Crippen molar-refractivity contribution in [2.24, 2.45) is 0 Å². The number of benzene rings is 3. The highest BCUT2D eigenvalue weighted by atomic mass is 19.1. The van der Waals surface area contributed by atoms with Crippen LogP contribution in [0.2, 0.25) is 0 Å². The molecule has 0 spiro atoms. The van der Waals surface area contributed by atoms with E-state index in [1.54, 1.807) is 19.1 Å². The molecule has 2 atom stereocenters. The molecule has 1 aliphatic carbocycles. The van der Waals surface area contributed by atoms with Gasteiger partial charge in [-0.05, 0) is 66.8 Å². The van der Waals surface area contributed by atoms with E-state index in [9.17, 15) is 18.4 Å². The molecular formula is C29H24F2N2O2. The van der Waals surface area contributed by atoms with Crippen molar-refractivity contribution >= 4 is 17.4 Å². The number of carbonyl (C=O) groups excluding carboxylic acids is 2. The van der Waals surface area contributed by atoms with Gasteiger partial charge in [0.1, 0.15) is 11.6 Å². The van der Waals surface area contributed by atoms with Gasteiger partial charge in [-0.1, -0.05) is 42.5 Å². The van der Waals surface area contributed by atoms with E-state index in [-0.39, 0.29) is 11.7 Å². The molecule has 1 heterocycles. The third-order valence-corrected chi connectivity index (χ3v) is 6.65. The van der Waals surface area contributed by atoms with Crippen LogP contribution in [0.4, 0.5) is 14.5 Å². The van der Waals surface area contributed by atoms with Crippen molar-refractivity contribution in [3.05, 3.63) is 124 Å². The van der Waals surface area contributed by atoms with Crippen LogP contribution in [0, 0.1) is 11.6 Å². The van der Waals surface area contributed by atoms with Crippen molar-refractivity contribution < 1.29 is 18.4 Å². The van der Waals surface area contributed by atoms with Gasteiger partial charge in [0, 0.05) is 40.6 Å². The second-order valence-electron chi connectivity index (χ2n) is 8.94. The Balaban J connectivity index is 1.55. The highest BCUT2D eigenvalue weighted by Gasteiger charge is 2.40. The summed E-state index contributed by atoms with van der Waals surface area (Å²) in [6.07, 6.45) is 0.959. The number of hydrogen-bond donors (Lipinski definition) is 2. The van der Waals surface area contributed by atoms with Gasteiger partial charge in [0.25, 0.3) is 5.91 Å². The lowest BCUT2D eigenvalue weighted by Crippen LogP contribution is -2.37. The van der Waals surface area contributed by atoms with Crippen molar-refractivity contribution in [2.45, 2.75) is 31.6 Å². The number of carbonyl (C=O) groups is 2. The van der Waals surface area contributed by atoms with E-state index in [1.807, 2.05) is 30.3 Å². The average Bonchev–Trinajstić information content (AvgIpc) is 2.85. The number of dihydropyridines is 1. The molecule has 3 aromatic rings. The molecule has 0 aromatic heterocycles. The van der Waals surface area contributed by atoms with Crippen LogP contribution in [0.3, 0.4) is 0 Å². The molecule has 0 fully saturated rings. The topological polar surface area (TPSA) is 58.2 Å². The fourth-order valence-corrected chi connectivity index (χ4v) is 5.02. The number of ketones is 1. The van der Waals surface area contributed by atoms with Crippen molar-refractivity contribution in [3.8, 4) is 0 Å². The smallest absolute Gasteiger partial charge is 0.254 e. The van der Waals surface area contributed by atoms with E-state index in [4.69, 9.17) is 0 Å². The molecule has 2 N–H and O–H groups in total. The lowest BCUT2D eigenvalue weighted by atomic mass is 9.71. The van der Waals surface area contributed by atoms with Gasteiger partial charge >= 0.3 is 0 Å². The van der Waals surface area contributed by atoms with Crippen LogP contribution in [-0.4, -0.2) is 11.7 Å². The molecule has 0 saturated heterocycles. The Morgan fingerprint density at radius 1 is 0.857 bits per heavy atom. The second kappa shape index (κ2) is 9.29. The molecule has 0 saturated carbocycles. The van der Waals surface area contributed by atoms with E-state index in [2.05, 4.69) is 10.6 Å². The lowest BCUT2D eigenvalue weighted by Gasteiger charge is -2.37. The first-order valence-corrected chi connectivity index (χ1v) is 11.5. The molecular weight excluding hydrogens is 446 g/mol. The first-order valence-electron chi connectivity index (χ1n) is 11.5. The molecule has 2 aliphatic rings. The number of amides is 1. The number of allylic oxidation sites excluding steroid dienone is 3. The summed E-state index contributed by atoms with van der Waals surface area (Å²) in [6.45, 7) is 1.80. The van der Waals surface area contributed by atoms with Crippen molar-refractivity contribution in [3.63, 3.8) is 0 Å². The highest BCUT2D eigenvalue weighted by Crippen LogP contribution is 2.45. The zero-order valence-electron chi connectivity index (χ0n) is 19.1. The summed E-state index contributed by atoms with van der Waals surface area (Å²) in [7, 11) is 0. The average molecular weight is 471 g/mol. The quantitative estimate of drug-likeness (QED) is 0.494. The van der Waals surface area contributed by atoms with Gasteiger partial charge in [0.15, 0.2) is 5.78 Å². The predicted octanol–water partition coefficient (Wildman–Crippen LogP) is 5.97. The maximum absolute atomic E-state index is 13.7. The van der Waals surface area contributed by atoms with Gasteiger partial charge in [-0.3, -0.25) is 9.59 Å². The molecule has 3 aromatic carbocycles. The minimum atomic E-state index is -0.642. The first kappa shape index (κ1) is 22.7. The summed E-state index contributed by atoms with van der Waals surface area (Å²) >= 11 is 0. The van der Waals surface area contributed by atoms with Gasteiger partial charge in [0.05, 0.1) is 0 Å². The number of Topliss-reactive ketones (excluding diaryl/α,β-unsaturated/α-hetero) is 1. The largest absolute Gasteiger partial charge is 0.362 e. The summed E-state index contributed by atoms with van der Waals surface area (Å²) < 4.78 is 27.1.